The van der Waals surface area contributed by atoms with Gasteiger partial charge in [-0.3, -0.25) is 9.59 Å². The minimum atomic E-state index is -0.841. The molecule has 0 bridgehead atoms. The number of hydrogen-bond donors (Lipinski definition) is 3. The highest BCUT2D eigenvalue weighted by Crippen LogP contribution is 2.18. The van der Waals surface area contributed by atoms with Gasteiger partial charge in [-0.25, -0.2) is 0 Å². The van der Waals surface area contributed by atoms with Crippen LogP contribution in [0.3, 0.4) is 0 Å². The van der Waals surface area contributed by atoms with E-state index in [9.17, 15) is 19.8 Å². The van der Waals surface area contributed by atoms with Crippen LogP contribution in [-0.2, 0) is 14.3 Å². The summed E-state index contributed by atoms with van der Waals surface area (Å²) in [4.78, 5) is 24.5. The molecule has 1 amide bonds. The summed E-state index contributed by atoms with van der Waals surface area (Å²) >= 11 is 0. The number of aliphatic hydroxyl groups is 2. The molecule has 6 nitrogen and oxygen atoms in total. The number of unbranched alkanes of at least 4 members (excludes halogenated alkanes) is 48. The van der Waals surface area contributed by atoms with Crippen LogP contribution in [0.25, 0.3) is 0 Å². The monoisotopic (exact) mass is 1090 g/mol. The molecule has 6 heteroatoms. The standard InChI is InChI=1S/C72H135NO5/c1-3-5-7-9-11-13-14-15-16-36-40-43-46-50-54-58-62-66-72(77)78-67-63-59-55-51-47-44-41-38-35-33-31-29-27-25-23-21-19-17-18-20-22-24-26-28-30-32-34-37-39-42-45-49-53-57-61-65-71(76)73-69(68-74)70(75)64-60-56-52-48-12-10-8-6-4-2/h15-16,19,21,25,27,60,64,69-70,74-75H,3-14,17-18,20,22-24,26,28-59,61-63,65-68H2,1-2H3,(H,73,76)/b16-15-,21-19-,27-25-,64-60+. The number of nitrogens with one attached hydrogen (secondary N) is 1. The number of esters is 1. The summed E-state index contributed by atoms with van der Waals surface area (Å²) in [5.41, 5.74) is 0. The molecular formula is C72H135NO5. The van der Waals surface area contributed by atoms with Gasteiger partial charge in [-0.05, 0) is 89.9 Å². The van der Waals surface area contributed by atoms with Crippen LogP contribution in [0.15, 0.2) is 48.6 Å². The Bertz CT molecular complexity index is 1310. The fraction of sp³-hybridized carbons (Fsp3) is 0.861. The predicted molar refractivity (Wildman–Crippen MR) is 342 cm³/mol. The summed E-state index contributed by atoms with van der Waals surface area (Å²) < 4.78 is 5.50. The molecule has 0 radical (unpaired) electrons. The zero-order chi connectivity index (χ0) is 56.4. The number of carbonyl (C=O) groups excluding carboxylic acids is 2. The van der Waals surface area contributed by atoms with Gasteiger partial charge >= 0.3 is 5.97 Å². The topological polar surface area (TPSA) is 95.9 Å². The van der Waals surface area contributed by atoms with Crippen LogP contribution in [0.2, 0.25) is 0 Å². The lowest BCUT2D eigenvalue weighted by molar-refractivity contribution is -0.143. The molecule has 2 atom stereocenters. The second kappa shape index (κ2) is 67.3. The lowest BCUT2D eigenvalue weighted by Crippen LogP contribution is -2.45. The predicted octanol–water partition coefficient (Wildman–Crippen LogP) is 22.5. The maximum atomic E-state index is 12.4. The molecule has 0 aromatic rings. The van der Waals surface area contributed by atoms with E-state index in [1.165, 1.54) is 295 Å². The quantitative estimate of drug-likeness (QED) is 0.0320. The Hall–Kier alpha value is -2.18. The van der Waals surface area contributed by atoms with Crippen LogP contribution >= 0.6 is 0 Å². The first-order valence-electron chi connectivity index (χ1n) is 34.9. The third-order valence-electron chi connectivity index (χ3n) is 16.1. The van der Waals surface area contributed by atoms with Gasteiger partial charge in [-0.1, -0.05) is 319 Å². The first-order valence-corrected chi connectivity index (χ1v) is 34.9. The van der Waals surface area contributed by atoms with E-state index in [1.807, 2.05) is 6.08 Å². The van der Waals surface area contributed by atoms with E-state index in [0.717, 1.165) is 51.4 Å². The molecular weight excluding hydrogens is 959 g/mol. The van der Waals surface area contributed by atoms with Gasteiger partial charge in [0.2, 0.25) is 5.91 Å². The van der Waals surface area contributed by atoms with Crippen molar-refractivity contribution < 1.29 is 24.5 Å². The van der Waals surface area contributed by atoms with Crippen molar-refractivity contribution in [1.82, 2.24) is 5.32 Å². The van der Waals surface area contributed by atoms with Crippen LogP contribution < -0.4 is 5.32 Å². The molecule has 0 rings (SSSR count). The SMILES string of the molecule is CCCCCCCC/C=C\CCCCCCCCCC(=O)OCCCCCCCCCCCCC/C=C\C/C=C\CCCCCCCCCCCCCCCCCCCC(=O)NC(CO)C(O)/C=C/CCCCCCCCC. The zero-order valence-electron chi connectivity index (χ0n) is 52.4. The molecule has 0 aliphatic rings. The molecule has 0 aromatic heterocycles. The van der Waals surface area contributed by atoms with Crippen molar-refractivity contribution >= 4 is 11.9 Å². The number of ether oxygens (including phenoxy) is 1. The molecule has 2 unspecified atom stereocenters. The van der Waals surface area contributed by atoms with Crippen molar-refractivity contribution in [2.75, 3.05) is 13.2 Å². The highest BCUT2D eigenvalue weighted by Gasteiger charge is 2.18. The second-order valence-electron chi connectivity index (χ2n) is 23.9. The largest absolute Gasteiger partial charge is 0.466 e. The molecule has 0 saturated heterocycles. The van der Waals surface area contributed by atoms with Gasteiger partial charge in [-0.2, -0.15) is 0 Å². The van der Waals surface area contributed by atoms with Crippen molar-refractivity contribution in [3.05, 3.63) is 48.6 Å². The van der Waals surface area contributed by atoms with Crippen molar-refractivity contribution in [2.45, 2.75) is 386 Å². The van der Waals surface area contributed by atoms with Crippen LogP contribution in [0.5, 0.6) is 0 Å². The Kier molecular flexibility index (Phi) is 65.4. The number of hydrogen-bond acceptors (Lipinski definition) is 5. The number of rotatable bonds is 65. The maximum Gasteiger partial charge on any atom is 0.305 e. The molecule has 0 aliphatic heterocycles. The maximum absolute atomic E-state index is 12.4. The lowest BCUT2D eigenvalue weighted by atomic mass is 10.0. The number of allylic oxidation sites excluding steroid dienone is 7. The van der Waals surface area contributed by atoms with Crippen molar-refractivity contribution in [3.63, 3.8) is 0 Å². The summed E-state index contributed by atoms with van der Waals surface area (Å²) in [5, 5.41) is 23.0. The normalized spacial score (nSPS) is 12.8. The van der Waals surface area contributed by atoms with Crippen molar-refractivity contribution in [1.29, 1.82) is 0 Å². The highest BCUT2D eigenvalue weighted by molar-refractivity contribution is 5.76. The summed E-state index contributed by atoms with van der Waals surface area (Å²) in [6.45, 7) is 4.89. The molecule has 78 heavy (non-hydrogen) atoms. The Morgan fingerprint density at radius 3 is 0.987 bits per heavy atom. The Balaban J connectivity index is 3.35. The highest BCUT2D eigenvalue weighted by atomic mass is 16.5. The minimum absolute atomic E-state index is 0.0132. The van der Waals surface area contributed by atoms with Gasteiger partial charge in [0.1, 0.15) is 0 Å². The Morgan fingerprint density at radius 1 is 0.359 bits per heavy atom. The van der Waals surface area contributed by atoms with E-state index in [-0.39, 0.29) is 18.5 Å². The first-order chi connectivity index (χ1) is 38.5. The molecule has 3 N–H and O–H groups in total. The fourth-order valence-electron chi connectivity index (χ4n) is 10.7. The van der Waals surface area contributed by atoms with Crippen LogP contribution in [-0.4, -0.2) is 47.4 Å². The third kappa shape index (κ3) is 63.0. The summed E-state index contributed by atoms with van der Waals surface area (Å²) in [6, 6.07) is -0.624. The summed E-state index contributed by atoms with van der Waals surface area (Å²) in [7, 11) is 0. The van der Waals surface area contributed by atoms with E-state index in [0.29, 0.717) is 19.4 Å². The van der Waals surface area contributed by atoms with Crippen LogP contribution in [0.1, 0.15) is 373 Å². The van der Waals surface area contributed by atoms with E-state index in [2.05, 4.69) is 55.6 Å². The fourth-order valence-corrected chi connectivity index (χ4v) is 10.7. The molecule has 458 valence electrons. The van der Waals surface area contributed by atoms with Gasteiger partial charge in [0.15, 0.2) is 0 Å². The van der Waals surface area contributed by atoms with Gasteiger partial charge in [-0.15, -0.1) is 0 Å². The van der Waals surface area contributed by atoms with Gasteiger partial charge in [0.05, 0.1) is 25.4 Å². The molecule has 0 spiro atoms. The van der Waals surface area contributed by atoms with E-state index >= 15 is 0 Å². The Labute approximate surface area is 486 Å². The first kappa shape index (κ1) is 75.8. The molecule has 0 aromatic carbocycles. The average Bonchev–Trinajstić information content (AvgIpc) is 3.44. The van der Waals surface area contributed by atoms with Gasteiger partial charge in [0, 0.05) is 12.8 Å². The number of amides is 1. The average molecular weight is 1090 g/mol. The van der Waals surface area contributed by atoms with E-state index in [1.54, 1.807) is 6.08 Å². The van der Waals surface area contributed by atoms with Crippen LogP contribution in [0.4, 0.5) is 0 Å². The van der Waals surface area contributed by atoms with Crippen LogP contribution in [0, 0.1) is 0 Å². The van der Waals surface area contributed by atoms with E-state index < -0.39 is 12.1 Å². The number of carbonyl (C=O) groups is 2. The molecule has 0 heterocycles. The van der Waals surface area contributed by atoms with Gasteiger partial charge in [0.25, 0.3) is 0 Å². The van der Waals surface area contributed by atoms with Gasteiger partial charge < -0.3 is 20.3 Å². The second-order valence-corrected chi connectivity index (χ2v) is 23.9. The minimum Gasteiger partial charge on any atom is -0.466 e. The smallest absolute Gasteiger partial charge is 0.305 e. The van der Waals surface area contributed by atoms with Crippen molar-refractivity contribution in [3.8, 4) is 0 Å². The summed E-state index contributed by atoms with van der Waals surface area (Å²) in [5.74, 6) is -0.0544. The zero-order valence-corrected chi connectivity index (χ0v) is 52.4. The van der Waals surface area contributed by atoms with Crippen molar-refractivity contribution in [2.24, 2.45) is 0 Å². The molecule has 0 aliphatic carbocycles. The lowest BCUT2D eigenvalue weighted by Gasteiger charge is -2.20. The van der Waals surface area contributed by atoms with E-state index in [4.69, 9.17) is 4.74 Å². The number of aliphatic hydroxyl groups excluding tert-OH is 2. The summed E-state index contributed by atoms with van der Waals surface area (Å²) in [6.07, 6.45) is 87.8. The third-order valence-corrected chi connectivity index (χ3v) is 16.1. The molecule has 0 fully saturated rings. The molecule has 0 saturated carbocycles. The Morgan fingerprint density at radius 2 is 0.641 bits per heavy atom.